The molecule has 0 aliphatic rings. The van der Waals surface area contributed by atoms with E-state index in [9.17, 15) is 14.8 Å². The van der Waals surface area contributed by atoms with Crippen LogP contribution < -0.4 is 10.5 Å². The summed E-state index contributed by atoms with van der Waals surface area (Å²) in [4.78, 5) is 28.1. The molecule has 1 amide bonds. The SMILES string of the molecule is CSc1ccc2c(c1)c(C)c(C(=O)N(C)c1ccc(C)cc1)c(=O)n2O. The number of thioether (sulfide) groups is 1. The first kappa shape index (κ1) is 18.1. The zero-order chi connectivity index (χ0) is 19.0. The number of anilines is 1. The Hall–Kier alpha value is -2.73. The number of nitrogens with zero attached hydrogens (tertiary/aromatic N) is 2. The fourth-order valence-electron chi connectivity index (χ4n) is 2.94. The van der Waals surface area contributed by atoms with Gasteiger partial charge in [0.25, 0.3) is 11.5 Å². The Balaban J connectivity index is 2.18. The zero-order valence-electron chi connectivity index (χ0n) is 15.1. The van der Waals surface area contributed by atoms with Crippen LogP contribution in [0.5, 0.6) is 0 Å². The van der Waals surface area contributed by atoms with E-state index in [-0.39, 0.29) is 5.56 Å². The molecule has 5 nitrogen and oxygen atoms in total. The van der Waals surface area contributed by atoms with Gasteiger partial charge in [-0.1, -0.05) is 17.7 Å². The van der Waals surface area contributed by atoms with Gasteiger partial charge in [0, 0.05) is 23.0 Å². The molecule has 0 radical (unpaired) electrons. The van der Waals surface area contributed by atoms with E-state index in [0.717, 1.165) is 10.5 Å². The molecule has 1 heterocycles. The van der Waals surface area contributed by atoms with Crippen LogP contribution in [-0.4, -0.2) is 29.1 Å². The number of hydrogen-bond acceptors (Lipinski definition) is 4. The van der Waals surface area contributed by atoms with Gasteiger partial charge in [0.05, 0.1) is 5.52 Å². The fourth-order valence-corrected chi connectivity index (χ4v) is 3.38. The largest absolute Gasteiger partial charge is 0.425 e. The van der Waals surface area contributed by atoms with Gasteiger partial charge in [0.1, 0.15) is 5.56 Å². The number of carbonyl (C=O) groups excluding carboxylic acids is 1. The molecule has 26 heavy (non-hydrogen) atoms. The molecular weight excluding hydrogens is 348 g/mol. The van der Waals surface area contributed by atoms with Gasteiger partial charge < -0.3 is 10.1 Å². The summed E-state index contributed by atoms with van der Waals surface area (Å²) in [7, 11) is 1.62. The van der Waals surface area contributed by atoms with E-state index in [1.807, 2.05) is 49.6 Å². The third-order valence-electron chi connectivity index (χ3n) is 4.56. The van der Waals surface area contributed by atoms with Gasteiger partial charge in [-0.05, 0) is 56.0 Å². The minimum Gasteiger partial charge on any atom is -0.425 e. The highest BCUT2D eigenvalue weighted by molar-refractivity contribution is 7.98. The first-order valence-electron chi connectivity index (χ1n) is 8.12. The van der Waals surface area contributed by atoms with E-state index in [1.54, 1.807) is 31.8 Å². The smallest absolute Gasteiger partial charge is 0.296 e. The number of amides is 1. The first-order valence-corrected chi connectivity index (χ1v) is 9.35. The van der Waals surface area contributed by atoms with Crippen LogP contribution in [0.15, 0.2) is 52.2 Å². The molecule has 0 atom stereocenters. The van der Waals surface area contributed by atoms with E-state index in [4.69, 9.17) is 0 Å². The quantitative estimate of drug-likeness (QED) is 0.563. The van der Waals surface area contributed by atoms with Crippen molar-refractivity contribution >= 4 is 34.3 Å². The molecule has 3 rings (SSSR count). The van der Waals surface area contributed by atoms with Crippen LogP contribution in [0.4, 0.5) is 5.69 Å². The number of aromatic nitrogens is 1. The lowest BCUT2D eigenvalue weighted by Crippen LogP contribution is -2.35. The third kappa shape index (κ3) is 2.97. The van der Waals surface area contributed by atoms with Crippen molar-refractivity contribution in [1.82, 2.24) is 4.73 Å². The van der Waals surface area contributed by atoms with Gasteiger partial charge >= 0.3 is 0 Å². The summed E-state index contributed by atoms with van der Waals surface area (Å²) in [5.74, 6) is -0.449. The lowest BCUT2D eigenvalue weighted by atomic mass is 10.0. The molecule has 0 aliphatic heterocycles. The number of aryl methyl sites for hydroxylation is 2. The summed E-state index contributed by atoms with van der Waals surface area (Å²) in [6.45, 7) is 3.71. The summed E-state index contributed by atoms with van der Waals surface area (Å²) >= 11 is 1.56. The average Bonchev–Trinajstić information content (AvgIpc) is 2.65. The van der Waals surface area contributed by atoms with Crippen LogP contribution in [0.2, 0.25) is 0 Å². The molecule has 1 N–H and O–H groups in total. The van der Waals surface area contributed by atoms with E-state index >= 15 is 0 Å². The summed E-state index contributed by atoms with van der Waals surface area (Å²) in [5.41, 5.74) is 1.98. The molecule has 0 aliphatic carbocycles. The Morgan fingerprint density at radius 2 is 1.77 bits per heavy atom. The molecule has 1 aromatic heterocycles. The van der Waals surface area contributed by atoms with Crippen molar-refractivity contribution in [2.24, 2.45) is 0 Å². The fraction of sp³-hybridized carbons (Fsp3) is 0.200. The molecule has 0 bridgehead atoms. The molecule has 3 aromatic rings. The highest BCUT2D eigenvalue weighted by Crippen LogP contribution is 2.26. The van der Waals surface area contributed by atoms with E-state index < -0.39 is 11.5 Å². The molecule has 0 spiro atoms. The molecule has 134 valence electrons. The van der Waals surface area contributed by atoms with Crippen LogP contribution in [-0.2, 0) is 0 Å². The van der Waals surface area contributed by atoms with Gasteiger partial charge in [-0.3, -0.25) is 9.59 Å². The van der Waals surface area contributed by atoms with Gasteiger partial charge in [-0.15, -0.1) is 16.5 Å². The molecule has 0 saturated carbocycles. The van der Waals surface area contributed by atoms with Crippen molar-refractivity contribution in [2.45, 2.75) is 18.7 Å². The van der Waals surface area contributed by atoms with Gasteiger partial charge in [-0.2, -0.15) is 0 Å². The standard InChI is InChI=1S/C20H20N2O3S/c1-12-5-7-14(8-6-12)21(3)19(23)18-13(2)16-11-15(26-4)9-10-17(16)22(25)20(18)24/h5-11,25H,1-4H3. The minimum absolute atomic E-state index is 0.0265. The van der Waals surface area contributed by atoms with Crippen LogP contribution in [0.3, 0.4) is 0 Å². The van der Waals surface area contributed by atoms with Gasteiger partial charge in [0.15, 0.2) is 0 Å². The number of pyridine rings is 1. The van der Waals surface area contributed by atoms with Crippen molar-refractivity contribution < 1.29 is 10.0 Å². The number of benzene rings is 2. The molecule has 0 saturated heterocycles. The maximum absolute atomic E-state index is 13.0. The highest BCUT2D eigenvalue weighted by Gasteiger charge is 2.23. The first-order chi connectivity index (χ1) is 12.3. The van der Waals surface area contributed by atoms with Crippen molar-refractivity contribution in [3.8, 4) is 0 Å². The zero-order valence-corrected chi connectivity index (χ0v) is 15.9. The minimum atomic E-state index is -0.712. The Morgan fingerprint density at radius 1 is 1.12 bits per heavy atom. The van der Waals surface area contributed by atoms with Crippen molar-refractivity contribution in [3.05, 3.63) is 69.5 Å². The Morgan fingerprint density at radius 3 is 2.38 bits per heavy atom. The molecule has 2 aromatic carbocycles. The van der Waals surface area contributed by atoms with E-state index in [1.165, 1.54) is 4.90 Å². The second-order valence-corrected chi connectivity index (χ2v) is 7.08. The predicted octanol–water partition coefficient (Wildman–Crippen LogP) is 3.85. The van der Waals surface area contributed by atoms with Crippen LogP contribution in [0.1, 0.15) is 21.5 Å². The second kappa shape index (κ2) is 6.88. The Bertz CT molecular complexity index is 1060. The molecule has 6 heteroatoms. The lowest BCUT2D eigenvalue weighted by molar-refractivity contribution is 0.0985. The Kier molecular flexibility index (Phi) is 4.78. The second-order valence-electron chi connectivity index (χ2n) is 6.20. The molecular formula is C20H20N2O3S. The van der Waals surface area contributed by atoms with Gasteiger partial charge in [-0.25, -0.2) is 0 Å². The maximum Gasteiger partial charge on any atom is 0.296 e. The number of hydrogen-bond donors (Lipinski definition) is 1. The topological polar surface area (TPSA) is 62.5 Å². The number of carbonyl (C=O) groups is 1. The van der Waals surface area contributed by atoms with Crippen LogP contribution >= 0.6 is 11.8 Å². The predicted molar refractivity (Wildman–Crippen MR) is 106 cm³/mol. The highest BCUT2D eigenvalue weighted by atomic mass is 32.2. The van der Waals surface area contributed by atoms with Gasteiger partial charge in [0.2, 0.25) is 0 Å². The Labute approximate surface area is 155 Å². The number of rotatable bonds is 3. The maximum atomic E-state index is 13.0. The van der Waals surface area contributed by atoms with Crippen molar-refractivity contribution in [1.29, 1.82) is 0 Å². The van der Waals surface area contributed by atoms with Crippen LogP contribution in [0, 0.1) is 13.8 Å². The van der Waals surface area contributed by atoms with Crippen LogP contribution in [0.25, 0.3) is 10.9 Å². The van der Waals surface area contributed by atoms with E-state index in [2.05, 4.69) is 0 Å². The number of fused-ring (bicyclic) bond motifs is 1. The normalized spacial score (nSPS) is 10.9. The third-order valence-corrected chi connectivity index (χ3v) is 5.28. The summed E-state index contributed by atoms with van der Waals surface area (Å²) < 4.78 is 0.558. The van der Waals surface area contributed by atoms with Crippen molar-refractivity contribution in [2.75, 3.05) is 18.2 Å². The van der Waals surface area contributed by atoms with Crippen molar-refractivity contribution in [3.63, 3.8) is 0 Å². The molecule has 0 fully saturated rings. The van der Waals surface area contributed by atoms with E-state index in [0.29, 0.717) is 26.9 Å². The average molecular weight is 368 g/mol. The lowest BCUT2D eigenvalue weighted by Gasteiger charge is -2.19. The summed E-state index contributed by atoms with van der Waals surface area (Å²) in [6.07, 6.45) is 1.95. The summed E-state index contributed by atoms with van der Waals surface area (Å²) in [6, 6.07) is 12.9. The molecule has 0 unspecified atom stereocenters. The summed E-state index contributed by atoms with van der Waals surface area (Å²) in [5, 5.41) is 11.0. The monoisotopic (exact) mass is 368 g/mol.